The van der Waals surface area contributed by atoms with Crippen LogP contribution in [-0.4, -0.2) is 23.6 Å². The van der Waals surface area contributed by atoms with E-state index < -0.39 is 0 Å². The molecule has 1 fully saturated rings. The Hall–Kier alpha value is -0.180. The normalized spacial score (nSPS) is 26.7. The van der Waals surface area contributed by atoms with Gasteiger partial charge in [-0.05, 0) is 5.92 Å². The number of hydrogen-bond donors (Lipinski definition) is 0. The first-order valence-corrected chi connectivity index (χ1v) is 4.52. The second-order valence-corrected chi connectivity index (χ2v) is 4.00. The highest BCUT2D eigenvalue weighted by Crippen LogP contribution is 2.23. The molecule has 0 bridgehead atoms. The molecule has 0 radical (unpaired) electrons. The topological polar surface area (TPSA) is 26.3 Å². The maximum atomic E-state index is 10.6. The predicted octanol–water partition coefficient (Wildman–Crippen LogP) is 1.30. The van der Waals surface area contributed by atoms with Crippen LogP contribution in [-0.2, 0) is 9.53 Å². The van der Waals surface area contributed by atoms with E-state index in [9.17, 15) is 4.79 Å². The molecule has 1 saturated heterocycles. The summed E-state index contributed by atoms with van der Waals surface area (Å²) in [6.45, 7) is 4.90. The van der Waals surface area contributed by atoms with Crippen LogP contribution < -0.4 is 0 Å². The fraction of sp³-hybridized carbons (Fsp3) is 0.857. The highest BCUT2D eigenvalue weighted by molar-refractivity contribution is 8.00. The van der Waals surface area contributed by atoms with Crippen molar-refractivity contribution >= 4 is 17.7 Å². The lowest BCUT2D eigenvalue weighted by molar-refractivity contribution is -0.141. The SMILES string of the molecule is CC(C)[C@@H]1COC(=O)CS1. The van der Waals surface area contributed by atoms with Gasteiger partial charge < -0.3 is 4.74 Å². The van der Waals surface area contributed by atoms with Crippen LogP contribution >= 0.6 is 11.8 Å². The Kier molecular flexibility index (Phi) is 2.60. The maximum Gasteiger partial charge on any atom is 0.315 e. The molecule has 0 saturated carbocycles. The first kappa shape index (κ1) is 7.92. The van der Waals surface area contributed by atoms with Crippen LogP contribution in [0.2, 0.25) is 0 Å². The lowest BCUT2D eigenvalue weighted by Gasteiger charge is -2.23. The molecule has 1 atom stereocenters. The molecule has 0 amide bonds. The van der Waals surface area contributed by atoms with Crippen molar-refractivity contribution in [1.82, 2.24) is 0 Å². The van der Waals surface area contributed by atoms with Crippen molar-refractivity contribution in [3.63, 3.8) is 0 Å². The van der Waals surface area contributed by atoms with Gasteiger partial charge in [-0.2, -0.15) is 0 Å². The number of carbonyl (C=O) groups excluding carboxylic acids is 1. The van der Waals surface area contributed by atoms with E-state index >= 15 is 0 Å². The quantitative estimate of drug-likeness (QED) is 0.541. The summed E-state index contributed by atoms with van der Waals surface area (Å²) in [5, 5.41) is 0.512. The fourth-order valence-corrected chi connectivity index (χ4v) is 1.81. The Balaban J connectivity index is 2.33. The standard InChI is InChI=1S/C7H12O2S/c1-5(2)6-3-9-7(8)4-10-6/h5-6H,3-4H2,1-2H3/t6-/m0/s1. The van der Waals surface area contributed by atoms with Crippen LogP contribution in [0.5, 0.6) is 0 Å². The van der Waals surface area contributed by atoms with Crippen molar-refractivity contribution in [2.45, 2.75) is 19.1 Å². The van der Waals surface area contributed by atoms with Gasteiger partial charge in [0, 0.05) is 5.25 Å². The number of ether oxygens (including phenoxy) is 1. The average molecular weight is 160 g/mol. The molecule has 0 aliphatic carbocycles. The Morgan fingerprint density at radius 3 is 2.80 bits per heavy atom. The molecule has 1 aliphatic rings. The van der Waals surface area contributed by atoms with Gasteiger partial charge >= 0.3 is 5.97 Å². The minimum Gasteiger partial charge on any atom is -0.464 e. The van der Waals surface area contributed by atoms with Gasteiger partial charge in [0.15, 0.2) is 0 Å². The summed E-state index contributed by atoms with van der Waals surface area (Å²) in [6, 6.07) is 0. The zero-order chi connectivity index (χ0) is 7.56. The third-order valence-electron chi connectivity index (χ3n) is 1.57. The molecule has 0 N–H and O–H groups in total. The van der Waals surface area contributed by atoms with Gasteiger partial charge in [-0.25, -0.2) is 0 Å². The summed E-state index contributed by atoms with van der Waals surface area (Å²) in [7, 11) is 0. The summed E-state index contributed by atoms with van der Waals surface area (Å²) < 4.78 is 4.89. The van der Waals surface area contributed by atoms with Crippen LogP contribution in [0.4, 0.5) is 0 Å². The predicted molar refractivity (Wildman–Crippen MR) is 42.0 cm³/mol. The van der Waals surface area contributed by atoms with Gasteiger partial charge in [0.2, 0.25) is 0 Å². The highest BCUT2D eigenvalue weighted by atomic mass is 32.2. The summed E-state index contributed by atoms with van der Waals surface area (Å²) in [5.41, 5.74) is 0. The van der Waals surface area contributed by atoms with E-state index in [0.717, 1.165) is 0 Å². The van der Waals surface area contributed by atoms with Crippen molar-refractivity contribution in [3.05, 3.63) is 0 Å². The Morgan fingerprint density at radius 1 is 1.70 bits per heavy atom. The molecule has 2 nitrogen and oxygen atoms in total. The van der Waals surface area contributed by atoms with E-state index in [4.69, 9.17) is 4.74 Å². The molecule has 0 spiro atoms. The molecular formula is C7H12O2S. The van der Waals surface area contributed by atoms with Crippen LogP contribution in [0.3, 0.4) is 0 Å². The Labute approximate surface area is 65.3 Å². The summed E-state index contributed by atoms with van der Waals surface area (Å²) in [4.78, 5) is 10.6. The van der Waals surface area contributed by atoms with Gasteiger partial charge in [0.1, 0.15) is 6.61 Å². The number of carbonyl (C=O) groups is 1. The van der Waals surface area contributed by atoms with Crippen LogP contribution in [0.1, 0.15) is 13.8 Å². The lowest BCUT2D eigenvalue weighted by atomic mass is 10.1. The monoisotopic (exact) mass is 160 g/mol. The fourth-order valence-electron chi connectivity index (χ4n) is 0.825. The number of rotatable bonds is 1. The van der Waals surface area contributed by atoms with Crippen LogP contribution in [0, 0.1) is 5.92 Å². The Morgan fingerprint density at radius 2 is 2.40 bits per heavy atom. The number of esters is 1. The second-order valence-electron chi connectivity index (χ2n) is 2.78. The molecule has 1 aliphatic heterocycles. The van der Waals surface area contributed by atoms with E-state index in [1.807, 2.05) is 0 Å². The van der Waals surface area contributed by atoms with Crippen LogP contribution in [0.15, 0.2) is 0 Å². The van der Waals surface area contributed by atoms with Crippen molar-refractivity contribution in [1.29, 1.82) is 0 Å². The number of thioether (sulfide) groups is 1. The molecule has 10 heavy (non-hydrogen) atoms. The molecule has 0 aromatic rings. The first-order chi connectivity index (χ1) is 4.70. The minimum absolute atomic E-state index is 0.0677. The average Bonchev–Trinajstić information content (AvgIpc) is 1.88. The van der Waals surface area contributed by atoms with E-state index in [0.29, 0.717) is 23.5 Å². The van der Waals surface area contributed by atoms with E-state index in [2.05, 4.69) is 13.8 Å². The molecule has 1 heterocycles. The minimum atomic E-state index is -0.0677. The van der Waals surface area contributed by atoms with E-state index in [-0.39, 0.29) is 5.97 Å². The van der Waals surface area contributed by atoms with Crippen molar-refractivity contribution in [3.8, 4) is 0 Å². The largest absolute Gasteiger partial charge is 0.464 e. The molecule has 3 heteroatoms. The molecule has 0 aromatic heterocycles. The second kappa shape index (κ2) is 3.28. The summed E-state index contributed by atoms with van der Waals surface area (Å²) >= 11 is 1.70. The lowest BCUT2D eigenvalue weighted by Crippen LogP contribution is -2.28. The first-order valence-electron chi connectivity index (χ1n) is 3.47. The third-order valence-corrected chi connectivity index (χ3v) is 3.08. The summed E-state index contributed by atoms with van der Waals surface area (Å²) in [6.07, 6.45) is 0. The van der Waals surface area contributed by atoms with Gasteiger partial charge in [-0.1, -0.05) is 13.8 Å². The molecule has 0 aromatic carbocycles. The number of cyclic esters (lactones) is 1. The smallest absolute Gasteiger partial charge is 0.315 e. The third kappa shape index (κ3) is 1.90. The van der Waals surface area contributed by atoms with E-state index in [1.165, 1.54) is 0 Å². The molecular weight excluding hydrogens is 148 g/mol. The van der Waals surface area contributed by atoms with Crippen molar-refractivity contribution < 1.29 is 9.53 Å². The van der Waals surface area contributed by atoms with Crippen molar-refractivity contribution in [2.24, 2.45) is 5.92 Å². The maximum absolute atomic E-state index is 10.6. The Bertz CT molecular complexity index is 124. The van der Waals surface area contributed by atoms with Gasteiger partial charge in [-0.15, -0.1) is 11.8 Å². The van der Waals surface area contributed by atoms with Gasteiger partial charge in [0.25, 0.3) is 0 Å². The van der Waals surface area contributed by atoms with Gasteiger partial charge in [0.05, 0.1) is 5.75 Å². The summed E-state index contributed by atoms with van der Waals surface area (Å²) in [5.74, 6) is 1.07. The zero-order valence-corrected chi connectivity index (χ0v) is 7.11. The van der Waals surface area contributed by atoms with Crippen molar-refractivity contribution in [2.75, 3.05) is 12.4 Å². The van der Waals surface area contributed by atoms with E-state index in [1.54, 1.807) is 11.8 Å². The number of hydrogen-bond acceptors (Lipinski definition) is 3. The molecule has 58 valence electrons. The molecule has 0 unspecified atom stereocenters. The van der Waals surface area contributed by atoms with Gasteiger partial charge in [-0.3, -0.25) is 4.79 Å². The van der Waals surface area contributed by atoms with Crippen LogP contribution in [0.25, 0.3) is 0 Å². The highest BCUT2D eigenvalue weighted by Gasteiger charge is 2.22. The zero-order valence-electron chi connectivity index (χ0n) is 6.29. The molecule has 1 rings (SSSR count).